The van der Waals surface area contributed by atoms with Gasteiger partial charge in [-0.25, -0.2) is 14.4 Å². The van der Waals surface area contributed by atoms with Gasteiger partial charge < -0.3 is 15.4 Å². The molecule has 0 amide bonds. The van der Waals surface area contributed by atoms with Crippen LogP contribution in [0.15, 0.2) is 86.9 Å². The molecule has 1 saturated heterocycles. The first-order chi connectivity index (χ1) is 19.2. The van der Waals surface area contributed by atoms with Crippen molar-refractivity contribution < 1.29 is 22.3 Å². The maximum Gasteiger partial charge on any atom is 0.573 e. The zero-order valence-corrected chi connectivity index (χ0v) is 22.3. The molecule has 208 valence electrons. The Kier molecular flexibility index (Phi) is 9.54. The van der Waals surface area contributed by atoms with Crippen molar-refractivity contribution in [3.8, 4) is 5.75 Å². The normalized spacial score (nSPS) is 15.6. The molecule has 0 radical (unpaired) electrons. The van der Waals surface area contributed by atoms with Gasteiger partial charge in [0, 0.05) is 17.9 Å². The van der Waals surface area contributed by atoms with Crippen LogP contribution in [0.5, 0.6) is 5.75 Å². The van der Waals surface area contributed by atoms with Crippen molar-refractivity contribution in [2.75, 3.05) is 17.2 Å². The Morgan fingerprint density at radius 1 is 1.07 bits per heavy atom. The maximum absolute atomic E-state index is 14.7. The summed E-state index contributed by atoms with van der Waals surface area (Å²) in [6.07, 6.45) is -0.242. The molecule has 40 heavy (non-hydrogen) atoms. The van der Waals surface area contributed by atoms with Gasteiger partial charge in [-0.15, -0.1) is 18.3 Å². The lowest BCUT2D eigenvalue weighted by atomic mass is 10.1. The lowest BCUT2D eigenvalue weighted by molar-refractivity contribution is -0.274. The number of nitrogens with zero attached hydrogens (tertiary/aromatic N) is 5. The van der Waals surface area contributed by atoms with E-state index in [2.05, 4.69) is 31.8 Å². The third-order valence-electron chi connectivity index (χ3n) is 5.67. The predicted molar refractivity (Wildman–Crippen MR) is 154 cm³/mol. The molecule has 3 aromatic carbocycles. The third-order valence-corrected chi connectivity index (χ3v) is 6.61. The molecule has 1 aliphatic heterocycles. The van der Waals surface area contributed by atoms with Gasteiger partial charge in [-0.1, -0.05) is 61.5 Å². The number of anilines is 1. The van der Waals surface area contributed by atoms with Crippen LogP contribution in [0.1, 0.15) is 30.0 Å². The Bertz CT molecular complexity index is 1420. The fourth-order valence-electron chi connectivity index (χ4n) is 3.88. The Morgan fingerprint density at radius 2 is 1.82 bits per heavy atom. The average Bonchev–Trinajstić information content (AvgIpc) is 3.37. The second-order valence-electron chi connectivity index (χ2n) is 8.55. The van der Waals surface area contributed by atoms with Crippen LogP contribution in [0.2, 0.25) is 0 Å². The maximum atomic E-state index is 14.7. The molecule has 0 unspecified atom stereocenters. The minimum Gasteiger partial charge on any atom is -0.406 e. The summed E-state index contributed by atoms with van der Waals surface area (Å²) in [5.74, 6) is 0.395. The Morgan fingerprint density at radius 3 is 2.52 bits per heavy atom. The number of benzene rings is 3. The molecule has 1 aliphatic rings. The fraction of sp³-hybridized carbons (Fsp3) is 0.214. The van der Waals surface area contributed by atoms with Crippen molar-refractivity contribution in [2.24, 2.45) is 25.9 Å². The van der Waals surface area contributed by atoms with E-state index in [1.807, 2.05) is 11.0 Å². The van der Waals surface area contributed by atoms with Crippen molar-refractivity contribution in [1.29, 1.82) is 0 Å². The second-order valence-corrected chi connectivity index (χ2v) is 9.61. The second kappa shape index (κ2) is 13.2. The first-order valence-corrected chi connectivity index (χ1v) is 13.3. The number of alkyl halides is 3. The summed E-state index contributed by atoms with van der Waals surface area (Å²) in [4.78, 5) is 10.0. The number of rotatable bonds is 9. The molecule has 0 spiro atoms. The van der Waals surface area contributed by atoms with Crippen LogP contribution < -0.4 is 15.4 Å². The zero-order valence-electron chi connectivity index (χ0n) is 21.5. The first-order valence-electron chi connectivity index (χ1n) is 12.3. The number of amidine groups is 2. The van der Waals surface area contributed by atoms with E-state index in [1.165, 1.54) is 36.3 Å². The molecule has 1 fully saturated rings. The highest BCUT2D eigenvalue weighted by molar-refractivity contribution is 8.14. The summed E-state index contributed by atoms with van der Waals surface area (Å²) >= 11 is 1.53. The minimum atomic E-state index is -4.75. The average molecular weight is 571 g/mol. The molecular formula is C28H26F4N6OS. The van der Waals surface area contributed by atoms with E-state index in [0.29, 0.717) is 28.7 Å². The van der Waals surface area contributed by atoms with Crippen molar-refractivity contribution >= 4 is 46.7 Å². The molecule has 0 aromatic heterocycles. The molecule has 1 heterocycles. The van der Waals surface area contributed by atoms with Crippen LogP contribution in [-0.2, 0) is 6.42 Å². The van der Waals surface area contributed by atoms with E-state index in [0.717, 1.165) is 41.9 Å². The number of thioether (sulfide) groups is 1. The molecule has 0 saturated carbocycles. The number of hydrogen-bond donors (Lipinski definition) is 1. The number of hydrogen-bond acceptors (Lipinski definition) is 5. The Hall–Kier alpha value is -4.19. The quantitative estimate of drug-likeness (QED) is 0.134. The van der Waals surface area contributed by atoms with Crippen LogP contribution in [0.3, 0.4) is 0 Å². The summed E-state index contributed by atoms with van der Waals surface area (Å²) in [5.41, 5.74) is 9.35. The molecular weight excluding hydrogens is 544 g/mol. The summed E-state index contributed by atoms with van der Waals surface area (Å²) in [7, 11) is 0. The molecule has 4 rings (SSSR count). The molecule has 2 N–H and O–H groups in total. The Labute approximate surface area is 233 Å². The van der Waals surface area contributed by atoms with Gasteiger partial charge >= 0.3 is 6.36 Å². The molecule has 0 bridgehead atoms. The van der Waals surface area contributed by atoms with Crippen LogP contribution in [0, 0.1) is 5.82 Å². The van der Waals surface area contributed by atoms with Crippen molar-refractivity contribution in [2.45, 2.75) is 26.1 Å². The van der Waals surface area contributed by atoms with E-state index in [9.17, 15) is 17.6 Å². The van der Waals surface area contributed by atoms with E-state index >= 15 is 0 Å². The van der Waals surface area contributed by atoms with E-state index in [-0.39, 0.29) is 17.4 Å². The number of nitrogens with two attached hydrogens (primary N) is 1. The van der Waals surface area contributed by atoms with Crippen LogP contribution >= 0.6 is 11.8 Å². The monoisotopic (exact) mass is 570 g/mol. The van der Waals surface area contributed by atoms with Gasteiger partial charge in [0.25, 0.3) is 0 Å². The van der Waals surface area contributed by atoms with Gasteiger partial charge in [0.1, 0.15) is 23.7 Å². The SMILES string of the molecule is CCCc1cccc(F)c1N1CCS/C1=N\N=C\c1ccc(C(N)=NC=Nc2ccc(OC(F)(F)F)cc2)cc1. The van der Waals surface area contributed by atoms with Crippen molar-refractivity contribution in [1.82, 2.24) is 0 Å². The fourth-order valence-corrected chi connectivity index (χ4v) is 4.78. The number of halogens is 4. The minimum absolute atomic E-state index is 0.204. The van der Waals surface area contributed by atoms with Gasteiger partial charge in [-0.05, 0) is 47.9 Å². The third kappa shape index (κ3) is 7.92. The summed E-state index contributed by atoms with van der Waals surface area (Å²) in [6, 6.07) is 17.3. The molecule has 0 atom stereocenters. The van der Waals surface area contributed by atoms with Crippen molar-refractivity contribution in [3.05, 3.63) is 89.2 Å². The smallest absolute Gasteiger partial charge is 0.406 e. The zero-order chi connectivity index (χ0) is 28.5. The number of para-hydroxylation sites is 1. The van der Waals surface area contributed by atoms with Gasteiger partial charge in [-0.3, -0.25) is 0 Å². The van der Waals surface area contributed by atoms with Crippen LogP contribution in [0.4, 0.5) is 28.9 Å². The highest BCUT2D eigenvalue weighted by Gasteiger charge is 2.31. The highest BCUT2D eigenvalue weighted by Crippen LogP contribution is 2.32. The van der Waals surface area contributed by atoms with Crippen molar-refractivity contribution in [3.63, 3.8) is 0 Å². The van der Waals surface area contributed by atoms with Gasteiger partial charge in [0.15, 0.2) is 5.17 Å². The standard InChI is InChI=1S/C28H26F4N6OS/c1-2-4-20-5-3-6-24(29)25(20)38-15-16-40-27(38)37-36-17-19-7-9-21(10-8-19)26(33)35-18-34-22-11-13-23(14-12-22)39-28(30,31)32/h3,5-14,17-18H,2,4,15-16H2,1H3,(H2,33,34,35)/b36-17+,37-27-. The topological polar surface area (TPSA) is 87.9 Å². The van der Waals surface area contributed by atoms with Gasteiger partial charge in [0.2, 0.25) is 0 Å². The van der Waals surface area contributed by atoms with E-state index in [1.54, 1.807) is 36.5 Å². The molecule has 7 nitrogen and oxygen atoms in total. The largest absolute Gasteiger partial charge is 0.573 e. The van der Waals surface area contributed by atoms with Gasteiger partial charge in [-0.2, -0.15) is 5.10 Å². The highest BCUT2D eigenvalue weighted by atomic mass is 32.2. The molecule has 12 heteroatoms. The van der Waals surface area contributed by atoms with E-state index < -0.39 is 6.36 Å². The summed E-state index contributed by atoms with van der Waals surface area (Å²) in [6.45, 7) is 2.72. The van der Waals surface area contributed by atoms with Crippen LogP contribution in [-0.4, -0.2) is 42.2 Å². The summed E-state index contributed by atoms with van der Waals surface area (Å²) < 4.78 is 55.3. The van der Waals surface area contributed by atoms with E-state index in [4.69, 9.17) is 5.73 Å². The first kappa shape index (κ1) is 28.8. The summed E-state index contributed by atoms with van der Waals surface area (Å²) in [5, 5.41) is 9.21. The molecule has 3 aromatic rings. The number of aryl methyl sites for hydroxylation is 1. The number of ether oxygens (including phenoxy) is 1. The lowest BCUT2D eigenvalue weighted by Gasteiger charge is -2.21. The lowest BCUT2D eigenvalue weighted by Crippen LogP contribution is -2.26. The predicted octanol–water partition coefficient (Wildman–Crippen LogP) is 6.69. The van der Waals surface area contributed by atoms with Gasteiger partial charge in [0.05, 0.1) is 17.6 Å². The number of aliphatic imine (C=N–C) groups is 2. The Balaban J connectivity index is 1.38. The van der Waals surface area contributed by atoms with Crippen LogP contribution in [0.25, 0.3) is 0 Å². The molecule has 0 aliphatic carbocycles.